The van der Waals surface area contributed by atoms with E-state index in [-0.39, 0.29) is 21.9 Å². The summed E-state index contributed by atoms with van der Waals surface area (Å²) in [6, 6.07) is 12.5. The number of hydrogen-bond donors (Lipinski definition) is 0. The zero-order valence-electron chi connectivity index (χ0n) is 15.7. The van der Waals surface area contributed by atoms with E-state index in [1.807, 2.05) is 24.5 Å². The molecule has 3 saturated carbocycles. The highest BCUT2D eigenvalue weighted by Gasteiger charge is 2.93. The summed E-state index contributed by atoms with van der Waals surface area (Å²) in [4.78, 5) is 9.56. The van der Waals surface area contributed by atoms with Gasteiger partial charge in [-0.25, -0.2) is 0 Å². The Morgan fingerprint density at radius 3 is 1.31 bits per heavy atom. The minimum Gasteiger partial charge on any atom is -0.259 e. The van der Waals surface area contributed by atoms with Gasteiger partial charge in [-0.15, -0.1) is 0 Å². The minimum atomic E-state index is -0.264. The van der Waals surface area contributed by atoms with Crippen molar-refractivity contribution in [2.45, 2.75) is 38.8 Å². The van der Waals surface area contributed by atoms with Crippen molar-refractivity contribution in [2.24, 2.45) is 44.7 Å². The molecule has 2 aliphatic heterocycles. The largest absolute Gasteiger partial charge is 0.259 e. The second-order valence-electron chi connectivity index (χ2n) is 9.83. The molecule has 26 heavy (non-hydrogen) atoms. The van der Waals surface area contributed by atoms with Gasteiger partial charge in [0.1, 0.15) is 11.1 Å². The normalized spacial score (nSPS) is 44.9. The Balaban J connectivity index is 1.65. The summed E-state index contributed by atoms with van der Waals surface area (Å²) in [5.41, 5.74) is 2.09. The Bertz CT molecular complexity index is 830. The monoisotopic (exact) mass is 344 g/mol. The standard InChI is InChI=1S/C22H24N4/c1-19(2)15-16(19)22(14-10-6-8-12-24-14)18-17(20(18,3)4)21(15,25-26-22)13-9-5-7-11-23-13/h5-12,15-18H,1-4H3/t15-,16+,17+,18-,21?,22?. The molecule has 0 aromatic carbocycles. The highest BCUT2D eigenvalue weighted by Crippen LogP contribution is 2.91. The van der Waals surface area contributed by atoms with Gasteiger partial charge in [0.2, 0.25) is 0 Å². The number of azo groups is 1. The lowest BCUT2D eigenvalue weighted by Gasteiger charge is -2.44. The van der Waals surface area contributed by atoms with Gasteiger partial charge in [0.15, 0.2) is 0 Å². The molecule has 4 heterocycles. The van der Waals surface area contributed by atoms with E-state index in [4.69, 9.17) is 20.2 Å². The fourth-order valence-electron chi connectivity index (χ4n) is 7.30. The second kappa shape index (κ2) is 4.08. The molecular formula is C22H24N4. The first-order valence-corrected chi connectivity index (χ1v) is 9.66. The minimum absolute atomic E-state index is 0.196. The van der Waals surface area contributed by atoms with E-state index in [9.17, 15) is 0 Å². The van der Waals surface area contributed by atoms with Crippen LogP contribution in [0, 0.1) is 34.5 Å². The summed E-state index contributed by atoms with van der Waals surface area (Å²) in [5.74, 6) is 1.92. The second-order valence-corrected chi connectivity index (χ2v) is 9.83. The van der Waals surface area contributed by atoms with E-state index >= 15 is 0 Å². The van der Waals surface area contributed by atoms with Crippen molar-refractivity contribution < 1.29 is 0 Å². The zero-order valence-corrected chi connectivity index (χ0v) is 15.7. The van der Waals surface area contributed by atoms with Crippen molar-refractivity contribution in [1.29, 1.82) is 0 Å². The lowest BCUT2D eigenvalue weighted by molar-refractivity contribution is 0.104. The average Bonchev–Trinajstić information content (AvgIpc) is 3.49. The van der Waals surface area contributed by atoms with E-state index in [2.05, 4.69) is 52.0 Å². The molecule has 2 aromatic rings. The summed E-state index contributed by atoms with van der Waals surface area (Å²) < 4.78 is 0. The average molecular weight is 344 g/mol. The lowest BCUT2D eigenvalue weighted by Crippen LogP contribution is -2.47. The van der Waals surface area contributed by atoms with Gasteiger partial charge in [-0.3, -0.25) is 9.97 Å². The highest BCUT2D eigenvalue weighted by molar-refractivity contribution is 5.48. The molecule has 4 nitrogen and oxygen atoms in total. The van der Waals surface area contributed by atoms with Gasteiger partial charge in [-0.1, -0.05) is 39.8 Å². The summed E-state index contributed by atoms with van der Waals surface area (Å²) in [6.45, 7) is 9.58. The summed E-state index contributed by atoms with van der Waals surface area (Å²) in [7, 11) is 0. The van der Waals surface area contributed by atoms with Crippen LogP contribution >= 0.6 is 0 Å². The third-order valence-corrected chi connectivity index (χ3v) is 8.08. The van der Waals surface area contributed by atoms with E-state index in [0.717, 1.165) is 11.4 Å². The summed E-state index contributed by atoms with van der Waals surface area (Å²) in [5, 5.41) is 10.2. The molecule has 2 bridgehead atoms. The van der Waals surface area contributed by atoms with Crippen LogP contribution in [0.5, 0.6) is 0 Å². The van der Waals surface area contributed by atoms with E-state index in [1.165, 1.54) is 0 Å². The van der Waals surface area contributed by atoms with Crippen LogP contribution in [0.3, 0.4) is 0 Å². The topological polar surface area (TPSA) is 50.5 Å². The van der Waals surface area contributed by atoms with Crippen molar-refractivity contribution in [3.05, 3.63) is 60.2 Å². The molecule has 4 heteroatoms. The van der Waals surface area contributed by atoms with Crippen LogP contribution in [0.4, 0.5) is 0 Å². The molecule has 2 unspecified atom stereocenters. The molecular weight excluding hydrogens is 320 g/mol. The van der Waals surface area contributed by atoms with Gasteiger partial charge in [0.25, 0.3) is 0 Å². The SMILES string of the molecule is CC1(C)[C@H]2[C@@H]1C1(c3ccccn3)N=NC2(c2ccccn2)[C@H]2[C@@H]1C2(C)C. The van der Waals surface area contributed by atoms with E-state index in [0.29, 0.717) is 23.7 Å². The predicted octanol–water partition coefficient (Wildman–Crippen LogP) is 4.59. The zero-order chi connectivity index (χ0) is 17.9. The molecule has 0 amide bonds. The Hall–Kier alpha value is -2.10. The summed E-state index contributed by atoms with van der Waals surface area (Å²) in [6.07, 6.45) is 3.81. The maximum Gasteiger partial charge on any atom is 0.131 e. The first-order valence-electron chi connectivity index (χ1n) is 9.66. The molecule has 0 radical (unpaired) electrons. The van der Waals surface area contributed by atoms with Gasteiger partial charge >= 0.3 is 0 Å². The fraction of sp³-hybridized carbons (Fsp3) is 0.545. The lowest BCUT2D eigenvalue weighted by atomic mass is 9.68. The van der Waals surface area contributed by atoms with Crippen LogP contribution in [0.2, 0.25) is 0 Å². The molecule has 0 spiro atoms. The quantitative estimate of drug-likeness (QED) is 0.800. The molecule has 0 saturated heterocycles. The number of aromatic nitrogens is 2. The van der Waals surface area contributed by atoms with E-state index in [1.54, 1.807) is 0 Å². The third kappa shape index (κ3) is 1.33. The van der Waals surface area contributed by atoms with Crippen molar-refractivity contribution in [1.82, 2.24) is 9.97 Å². The molecule has 0 N–H and O–H groups in total. The van der Waals surface area contributed by atoms with Gasteiger partial charge in [0.05, 0.1) is 11.4 Å². The van der Waals surface area contributed by atoms with Crippen LogP contribution in [0.1, 0.15) is 39.1 Å². The number of nitrogens with zero attached hydrogens (tertiary/aromatic N) is 4. The van der Waals surface area contributed by atoms with Crippen LogP contribution in [-0.2, 0) is 11.1 Å². The van der Waals surface area contributed by atoms with Crippen LogP contribution in [0.15, 0.2) is 59.0 Å². The maximum atomic E-state index is 5.11. The fourth-order valence-corrected chi connectivity index (χ4v) is 7.30. The van der Waals surface area contributed by atoms with Crippen LogP contribution in [0.25, 0.3) is 0 Å². The molecule has 5 aliphatic rings. The van der Waals surface area contributed by atoms with Crippen molar-refractivity contribution in [3.63, 3.8) is 0 Å². The number of hydrogen-bond acceptors (Lipinski definition) is 4. The molecule has 2 aromatic heterocycles. The number of pyridine rings is 2. The first-order chi connectivity index (χ1) is 12.4. The Morgan fingerprint density at radius 2 is 1.00 bits per heavy atom. The smallest absolute Gasteiger partial charge is 0.131 e. The number of rotatable bonds is 2. The Kier molecular flexibility index (Phi) is 2.35. The maximum absolute atomic E-state index is 5.11. The van der Waals surface area contributed by atoms with Crippen molar-refractivity contribution in [2.75, 3.05) is 0 Å². The van der Waals surface area contributed by atoms with Crippen molar-refractivity contribution >= 4 is 0 Å². The molecule has 7 rings (SSSR count). The summed E-state index contributed by atoms with van der Waals surface area (Å²) >= 11 is 0. The van der Waals surface area contributed by atoms with Crippen LogP contribution < -0.4 is 0 Å². The molecule has 132 valence electrons. The van der Waals surface area contributed by atoms with E-state index < -0.39 is 0 Å². The Labute approximate surface area is 154 Å². The van der Waals surface area contributed by atoms with Crippen molar-refractivity contribution in [3.8, 4) is 0 Å². The molecule has 3 fully saturated rings. The Morgan fingerprint density at radius 1 is 0.615 bits per heavy atom. The van der Waals surface area contributed by atoms with Gasteiger partial charge in [-0.2, -0.15) is 10.2 Å². The van der Waals surface area contributed by atoms with Gasteiger partial charge < -0.3 is 0 Å². The third-order valence-electron chi connectivity index (χ3n) is 8.08. The predicted molar refractivity (Wildman–Crippen MR) is 98.2 cm³/mol. The van der Waals surface area contributed by atoms with Gasteiger partial charge in [-0.05, 0) is 35.1 Å². The highest BCUT2D eigenvalue weighted by atomic mass is 15.3. The molecule has 6 atom stereocenters. The van der Waals surface area contributed by atoms with Gasteiger partial charge in [0, 0.05) is 36.1 Å². The molecule has 3 aliphatic carbocycles. The first kappa shape index (κ1) is 15.0. The van der Waals surface area contributed by atoms with Crippen LogP contribution in [-0.4, -0.2) is 9.97 Å².